The van der Waals surface area contributed by atoms with Crippen LogP contribution < -0.4 is 5.73 Å². The molecule has 0 bridgehead atoms. The van der Waals surface area contributed by atoms with Crippen molar-refractivity contribution in [1.29, 1.82) is 0 Å². The number of fused-ring (bicyclic) bond motifs is 1. The smallest absolute Gasteiger partial charge is 0.0390 e. The minimum Gasteiger partial charge on any atom is -0.323 e. The summed E-state index contributed by atoms with van der Waals surface area (Å²) in [4.78, 5) is 3.09. The Labute approximate surface area is 108 Å². The second kappa shape index (κ2) is 5.11. The molecule has 0 aromatic carbocycles. The highest BCUT2D eigenvalue weighted by molar-refractivity contribution is 7.12. The molecule has 3 rings (SSSR count). The molecule has 0 aliphatic heterocycles. The number of rotatable bonds is 4. The van der Waals surface area contributed by atoms with Crippen LogP contribution in [0.3, 0.4) is 0 Å². The van der Waals surface area contributed by atoms with Gasteiger partial charge in [-0.1, -0.05) is 19.3 Å². The number of aryl methyl sites for hydroxylation is 2. The molecule has 94 valence electrons. The van der Waals surface area contributed by atoms with Crippen LogP contribution in [0.15, 0.2) is 6.07 Å². The molecule has 0 amide bonds. The Morgan fingerprint density at radius 3 is 2.88 bits per heavy atom. The van der Waals surface area contributed by atoms with E-state index in [1.165, 1.54) is 62.7 Å². The summed E-state index contributed by atoms with van der Waals surface area (Å²) in [6.45, 7) is 0. The fourth-order valence-electron chi connectivity index (χ4n) is 2.84. The quantitative estimate of drug-likeness (QED) is 0.795. The van der Waals surface area contributed by atoms with Crippen LogP contribution >= 0.6 is 11.3 Å². The van der Waals surface area contributed by atoms with E-state index in [4.69, 9.17) is 5.73 Å². The van der Waals surface area contributed by atoms with Crippen LogP contribution in [0.4, 0.5) is 0 Å². The molecule has 0 spiro atoms. The van der Waals surface area contributed by atoms with Crippen LogP contribution in [-0.4, -0.2) is 0 Å². The van der Waals surface area contributed by atoms with E-state index in [2.05, 4.69) is 6.07 Å². The van der Waals surface area contributed by atoms with Crippen LogP contribution in [0.2, 0.25) is 0 Å². The standard InChI is InChI=1S/C15H23NS/c16-13(9-8-11-6-7-11)15-10-12-4-2-1-3-5-14(12)17-15/h10-11,13H,1-9,16H2. The Morgan fingerprint density at radius 2 is 2.06 bits per heavy atom. The Balaban J connectivity index is 1.65. The largest absolute Gasteiger partial charge is 0.323 e. The first-order valence-corrected chi connectivity index (χ1v) is 8.01. The summed E-state index contributed by atoms with van der Waals surface area (Å²) < 4.78 is 0. The second-order valence-electron chi connectivity index (χ2n) is 5.79. The summed E-state index contributed by atoms with van der Waals surface area (Å²) in [6, 6.07) is 2.73. The maximum absolute atomic E-state index is 6.33. The normalized spacial score (nSPS) is 21.9. The van der Waals surface area contributed by atoms with Crippen molar-refractivity contribution in [2.24, 2.45) is 11.7 Å². The molecule has 1 atom stereocenters. The third-order valence-electron chi connectivity index (χ3n) is 4.21. The first-order chi connectivity index (χ1) is 8.33. The highest BCUT2D eigenvalue weighted by atomic mass is 32.1. The van der Waals surface area contributed by atoms with Gasteiger partial charge >= 0.3 is 0 Å². The first-order valence-electron chi connectivity index (χ1n) is 7.20. The van der Waals surface area contributed by atoms with E-state index in [0.717, 1.165) is 5.92 Å². The van der Waals surface area contributed by atoms with Crippen LogP contribution in [0.5, 0.6) is 0 Å². The molecule has 1 aromatic heterocycles. The first kappa shape index (κ1) is 11.7. The highest BCUT2D eigenvalue weighted by Gasteiger charge is 2.23. The van der Waals surface area contributed by atoms with Gasteiger partial charge in [0.05, 0.1) is 0 Å². The maximum atomic E-state index is 6.33. The van der Waals surface area contributed by atoms with Crippen molar-refractivity contribution in [2.45, 2.75) is 63.8 Å². The maximum Gasteiger partial charge on any atom is 0.0390 e. The Hall–Kier alpha value is -0.340. The van der Waals surface area contributed by atoms with Crippen molar-refractivity contribution < 1.29 is 0 Å². The van der Waals surface area contributed by atoms with Gasteiger partial charge in [-0.05, 0) is 56.1 Å². The Kier molecular flexibility index (Phi) is 3.53. The van der Waals surface area contributed by atoms with Gasteiger partial charge in [0.25, 0.3) is 0 Å². The number of hydrogen-bond donors (Lipinski definition) is 1. The van der Waals surface area contributed by atoms with Crippen molar-refractivity contribution in [3.05, 3.63) is 21.4 Å². The topological polar surface area (TPSA) is 26.0 Å². The molecule has 1 nitrogen and oxygen atoms in total. The van der Waals surface area contributed by atoms with Crippen molar-refractivity contribution >= 4 is 11.3 Å². The lowest BCUT2D eigenvalue weighted by molar-refractivity contribution is 0.581. The molecule has 1 fully saturated rings. The monoisotopic (exact) mass is 249 g/mol. The molecular formula is C15H23NS. The summed E-state index contributed by atoms with van der Waals surface area (Å²) in [5, 5.41) is 0. The number of hydrogen-bond acceptors (Lipinski definition) is 2. The van der Waals surface area contributed by atoms with Crippen molar-refractivity contribution in [3.8, 4) is 0 Å². The van der Waals surface area contributed by atoms with Crippen LogP contribution in [0.25, 0.3) is 0 Å². The fraction of sp³-hybridized carbons (Fsp3) is 0.733. The Bertz CT molecular complexity index is 355. The summed E-state index contributed by atoms with van der Waals surface area (Å²) >= 11 is 2.00. The predicted octanol–water partition coefficient (Wildman–Crippen LogP) is 4.21. The molecule has 0 radical (unpaired) electrons. The van der Waals surface area contributed by atoms with E-state index in [1.807, 2.05) is 11.3 Å². The minimum atomic E-state index is 0.313. The van der Waals surface area contributed by atoms with E-state index in [0.29, 0.717) is 6.04 Å². The SMILES string of the molecule is NC(CCC1CC1)c1cc2c(s1)CCCCC2. The fourth-order valence-corrected chi connectivity index (χ4v) is 4.13. The van der Waals surface area contributed by atoms with Gasteiger partial charge in [-0.25, -0.2) is 0 Å². The predicted molar refractivity (Wildman–Crippen MR) is 74.5 cm³/mol. The van der Waals surface area contributed by atoms with Gasteiger partial charge in [0, 0.05) is 15.8 Å². The van der Waals surface area contributed by atoms with Gasteiger partial charge in [-0.15, -0.1) is 11.3 Å². The molecule has 1 heterocycles. The number of thiophene rings is 1. The third-order valence-corrected chi connectivity index (χ3v) is 5.58. The molecule has 17 heavy (non-hydrogen) atoms. The summed E-state index contributed by atoms with van der Waals surface area (Å²) in [7, 11) is 0. The lowest BCUT2D eigenvalue weighted by atomic mass is 10.1. The molecule has 2 aliphatic carbocycles. The average Bonchev–Trinajstić information content (AvgIpc) is 3.11. The van der Waals surface area contributed by atoms with Gasteiger partial charge in [0.15, 0.2) is 0 Å². The summed E-state index contributed by atoms with van der Waals surface area (Å²) in [5.74, 6) is 1.01. The zero-order chi connectivity index (χ0) is 11.7. The molecule has 1 aromatic rings. The molecule has 2 heteroatoms. The van der Waals surface area contributed by atoms with Crippen LogP contribution in [0.1, 0.15) is 66.3 Å². The summed E-state index contributed by atoms with van der Waals surface area (Å²) in [5.41, 5.74) is 7.95. The van der Waals surface area contributed by atoms with E-state index >= 15 is 0 Å². The molecular weight excluding hydrogens is 226 g/mol. The Morgan fingerprint density at radius 1 is 1.24 bits per heavy atom. The highest BCUT2D eigenvalue weighted by Crippen LogP contribution is 2.37. The second-order valence-corrected chi connectivity index (χ2v) is 6.95. The molecule has 1 saturated carbocycles. The van der Waals surface area contributed by atoms with Gasteiger partial charge in [-0.2, -0.15) is 0 Å². The lowest BCUT2D eigenvalue weighted by Crippen LogP contribution is -2.08. The third kappa shape index (κ3) is 2.92. The van der Waals surface area contributed by atoms with E-state index in [9.17, 15) is 0 Å². The average molecular weight is 249 g/mol. The molecule has 1 unspecified atom stereocenters. The van der Waals surface area contributed by atoms with Gasteiger partial charge in [0.2, 0.25) is 0 Å². The van der Waals surface area contributed by atoms with E-state index in [1.54, 1.807) is 10.4 Å². The molecule has 2 N–H and O–H groups in total. The number of nitrogens with two attached hydrogens (primary N) is 1. The van der Waals surface area contributed by atoms with Gasteiger partial charge in [-0.3, -0.25) is 0 Å². The van der Waals surface area contributed by atoms with Crippen molar-refractivity contribution in [3.63, 3.8) is 0 Å². The summed E-state index contributed by atoms with van der Waals surface area (Å²) in [6.07, 6.45) is 12.2. The van der Waals surface area contributed by atoms with Crippen molar-refractivity contribution in [2.75, 3.05) is 0 Å². The van der Waals surface area contributed by atoms with Crippen LogP contribution in [-0.2, 0) is 12.8 Å². The minimum absolute atomic E-state index is 0.313. The lowest BCUT2D eigenvalue weighted by Gasteiger charge is -2.08. The zero-order valence-corrected chi connectivity index (χ0v) is 11.4. The van der Waals surface area contributed by atoms with E-state index in [-0.39, 0.29) is 0 Å². The van der Waals surface area contributed by atoms with Gasteiger partial charge < -0.3 is 5.73 Å². The van der Waals surface area contributed by atoms with Crippen molar-refractivity contribution in [1.82, 2.24) is 0 Å². The molecule has 2 aliphatic rings. The molecule has 0 saturated heterocycles. The van der Waals surface area contributed by atoms with Crippen LogP contribution in [0, 0.1) is 5.92 Å². The zero-order valence-electron chi connectivity index (χ0n) is 10.6. The van der Waals surface area contributed by atoms with E-state index < -0.39 is 0 Å². The van der Waals surface area contributed by atoms with Gasteiger partial charge in [0.1, 0.15) is 0 Å².